The number of hydrogen-bond acceptors (Lipinski definition) is 2. The second-order valence-electron chi connectivity index (χ2n) is 17.5. The monoisotopic (exact) mass is 1150 g/mol. The topological polar surface area (TPSA) is 25.8 Å². The van der Waals surface area contributed by atoms with Crippen molar-refractivity contribution in [1.82, 2.24) is 9.97 Å². The first kappa shape index (κ1) is 48.4. The van der Waals surface area contributed by atoms with E-state index in [0.29, 0.717) is 0 Å². The predicted molar refractivity (Wildman–Crippen MR) is 248 cm³/mol. The van der Waals surface area contributed by atoms with Crippen LogP contribution in [0.3, 0.4) is 0 Å². The Morgan fingerprint density at radius 3 is 1.42 bits per heavy atom. The van der Waals surface area contributed by atoms with Crippen LogP contribution in [0.1, 0.15) is 104 Å². The third-order valence-electron chi connectivity index (χ3n) is 10.8. The van der Waals surface area contributed by atoms with E-state index in [1.165, 1.54) is 89.5 Å². The van der Waals surface area contributed by atoms with Crippen molar-refractivity contribution in [3.8, 4) is 55.9 Å². The van der Waals surface area contributed by atoms with Gasteiger partial charge in [-0.15, -0.1) is 70.8 Å². The number of pyridine rings is 2. The van der Waals surface area contributed by atoms with Gasteiger partial charge in [-0.05, 0) is 91.5 Å². The second kappa shape index (κ2) is 23.1. The molecule has 2 heterocycles. The van der Waals surface area contributed by atoms with Gasteiger partial charge in [-0.25, -0.2) is 0 Å². The number of unbranched alkanes of at least 4 members (excludes halogenated alkanes) is 5. The van der Waals surface area contributed by atoms with Crippen LogP contribution in [0.15, 0.2) is 152 Å². The zero-order chi connectivity index (χ0) is 41.0. The molecule has 2 aromatic heterocycles. The van der Waals surface area contributed by atoms with Gasteiger partial charge >= 0.3 is 0 Å². The van der Waals surface area contributed by atoms with Crippen LogP contribution in [-0.2, 0) is 57.5 Å². The van der Waals surface area contributed by atoms with Crippen LogP contribution in [-0.4, -0.2) is 9.97 Å². The van der Waals surface area contributed by atoms with E-state index >= 15 is 0 Å². The fourth-order valence-electron chi connectivity index (χ4n) is 7.17. The van der Waals surface area contributed by atoms with Crippen LogP contribution in [0, 0.1) is 12.1 Å². The molecule has 2 radical (unpaired) electrons. The molecule has 2 nitrogen and oxygen atoms in total. The van der Waals surface area contributed by atoms with E-state index in [-0.39, 0.29) is 51.0 Å². The zero-order valence-electron chi connectivity index (χ0n) is 36.4. The molecule has 5 aromatic carbocycles. The van der Waals surface area contributed by atoms with E-state index in [0.717, 1.165) is 28.1 Å². The van der Waals surface area contributed by atoms with Crippen LogP contribution in [0.25, 0.3) is 55.9 Å². The summed E-state index contributed by atoms with van der Waals surface area (Å²) in [5, 5.41) is 0. The Kier molecular flexibility index (Phi) is 18.6. The minimum absolute atomic E-state index is 0. The summed E-state index contributed by atoms with van der Waals surface area (Å²) in [6, 6.07) is 56.5. The van der Waals surface area contributed by atoms with Gasteiger partial charge in [0.05, 0.1) is 0 Å². The Balaban J connectivity index is 0.000000307. The van der Waals surface area contributed by atoms with Gasteiger partial charge in [0.15, 0.2) is 0 Å². The summed E-state index contributed by atoms with van der Waals surface area (Å²) in [5.41, 5.74) is 15.5. The van der Waals surface area contributed by atoms with Crippen LogP contribution in [0.5, 0.6) is 0 Å². The molecule has 0 saturated carbocycles. The van der Waals surface area contributed by atoms with Gasteiger partial charge in [0.25, 0.3) is 0 Å². The molecule has 0 aliphatic heterocycles. The van der Waals surface area contributed by atoms with Crippen molar-refractivity contribution >= 4 is 0 Å². The SMILES string of the molecule is CC(C)(C)c1ccc(-c2cc(-c3ccc(C(C)(C)C)cc3)cc(-c3cc[c-]c(-c4ccccn4)c3)c2)cc1.CCCCCCCCc1c[c-]c(-c2ccccn2)cc1.[Ir].[Ir]. The molecule has 0 saturated heterocycles. The summed E-state index contributed by atoms with van der Waals surface area (Å²) in [6.45, 7) is 15.8. The molecule has 0 spiro atoms. The Hall–Kier alpha value is -4.30. The Morgan fingerprint density at radius 1 is 0.450 bits per heavy atom. The second-order valence-corrected chi connectivity index (χ2v) is 17.5. The number of hydrogen-bond donors (Lipinski definition) is 0. The molecule has 60 heavy (non-hydrogen) atoms. The average molecular weight is 1150 g/mol. The molecule has 314 valence electrons. The van der Waals surface area contributed by atoms with Gasteiger partial charge in [-0.1, -0.05) is 166 Å². The fourth-order valence-corrected chi connectivity index (χ4v) is 7.17. The van der Waals surface area contributed by atoms with E-state index in [4.69, 9.17) is 0 Å². The average Bonchev–Trinajstić information content (AvgIpc) is 3.25. The zero-order valence-corrected chi connectivity index (χ0v) is 41.2. The molecule has 0 aliphatic carbocycles. The summed E-state index contributed by atoms with van der Waals surface area (Å²) in [5.74, 6) is 0. The number of benzene rings is 5. The largest absolute Gasteiger partial charge is 0.305 e. The summed E-state index contributed by atoms with van der Waals surface area (Å²) in [4.78, 5) is 8.89. The van der Waals surface area contributed by atoms with Crippen molar-refractivity contribution in [2.24, 2.45) is 0 Å². The van der Waals surface area contributed by atoms with E-state index in [1.807, 2.05) is 54.9 Å². The van der Waals surface area contributed by atoms with Crippen LogP contribution in [0.4, 0.5) is 0 Å². The van der Waals surface area contributed by atoms with Gasteiger partial charge in [0.2, 0.25) is 0 Å². The minimum Gasteiger partial charge on any atom is -0.305 e. The van der Waals surface area contributed by atoms with Crippen molar-refractivity contribution in [3.05, 3.63) is 181 Å². The quantitative estimate of drug-likeness (QED) is 0.0900. The molecule has 0 fully saturated rings. The Labute approximate surface area is 388 Å². The van der Waals surface area contributed by atoms with E-state index in [1.54, 1.807) is 0 Å². The van der Waals surface area contributed by atoms with Crippen LogP contribution < -0.4 is 0 Å². The Bertz CT molecular complexity index is 2230. The molecular weight excluding hydrogens is 1090 g/mol. The van der Waals surface area contributed by atoms with Crippen molar-refractivity contribution in [3.63, 3.8) is 0 Å². The van der Waals surface area contributed by atoms with Gasteiger partial charge in [-0.3, -0.25) is 0 Å². The Morgan fingerprint density at radius 2 is 0.950 bits per heavy atom. The number of rotatable bonds is 12. The van der Waals surface area contributed by atoms with E-state index in [9.17, 15) is 0 Å². The first-order valence-electron chi connectivity index (χ1n) is 21.2. The summed E-state index contributed by atoms with van der Waals surface area (Å²) in [7, 11) is 0. The molecule has 0 N–H and O–H groups in total. The van der Waals surface area contributed by atoms with Gasteiger partial charge in [0.1, 0.15) is 0 Å². The van der Waals surface area contributed by atoms with Crippen LogP contribution >= 0.6 is 0 Å². The third-order valence-corrected chi connectivity index (χ3v) is 10.8. The first-order chi connectivity index (χ1) is 28.0. The third kappa shape index (κ3) is 13.9. The molecule has 0 amide bonds. The predicted octanol–water partition coefficient (Wildman–Crippen LogP) is 15.6. The fraction of sp³-hybridized carbons (Fsp3) is 0.286. The molecule has 0 atom stereocenters. The van der Waals surface area contributed by atoms with Crippen LogP contribution in [0.2, 0.25) is 0 Å². The van der Waals surface area contributed by atoms with E-state index < -0.39 is 0 Å². The molecule has 7 rings (SSSR count). The van der Waals surface area contributed by atoms with Gasteiger partial charge < -0.3 is 9.97 Å². The molecule has 0 unspecified atom stereocenters. The molecule has 7 aromatic rings. The summed E-state index contributed by atoms with van der Waals surface area (Å²) in [6.07, 6.45) is 12.9. The standard InChI is InChI=1S/C37H36N.C19H24N.2Ir/c1-36(2,3)33-17-13-26(14-18-33)30-23-31(27-15-19-34(20-16-27)37(4,5)6)25-32(24-30)28-10-9-11-29(22-28)35-12-7-8-21-38-35;1-2-3-4-5-6-7-10-17-12-14-18(15-13-17)19-11-8-9-16-20-19;;/h7-10,12-25H,1-6H3;8-9,11-14,16H,2-7,10H2,1H3;;/q2*-1;;. The molecule has 0 bridgehead atoms. The minimum atomic E-state index is 0. The maximum atomic E-state index is 4.54. The maximum Gasteiger partial charge on any atom is 0.0160 e. The summed E-state index contributed by atoms with van der Waals surface area (Å²) >= 11 is 0. The van der Waals surface area contributed by atoms with E-state index in [2.05, 4.69) is 168 Å². The molecule has 4 heteroatoms. The van der Waals surface area contributed by atoms with Crippen molar-refractivity contribution < 1.29 is 40.2 Å². The summed E-state index contributed by atoms with van der Waals surface area (Å²) < 4.78 is 0. The number of aromatic nitrogens is 2. The maximum absolute atomic E-state index is 4.54. The molecular formula is C56H60Ir2N2-2. The number of aryl methyl sites for hydroxylation is 1. The van der Waals surface area contributed by atoms with Crippen molar-refractivity contribution in [2.75, 3.05) is 0 Å². The first-order valence-corrected chi connectivity index (χ1v) is 21.2. The smallest absolute Gasteiger partial charge is 0.0160 e. The number of nitrogens with zero attached hydrogens (tertiary/aromatic N) is 2. The van der Waals surface area contributed by atoms with Gasteiger partial charge in [0, 0.05) is 52.6 Å². The van der Waals surface area contributed by atoms with Crippen molar-refractivity contribution in [1.29, 1.82) is 0 Å². The normalized spacial score (nSPS) is 11.1. The molecule has 0 aliphatic rings. The van der Waals surface area contributed by atoms with Gasteiger partial charge in [-0.2, -0.15) is 0 Å². The van der Waals surface area contributed by atoms with Crippen molar-refractivity contribution in [2.45, 2.75) is 104 Å².